The van der Waals surface area contributed by atoms with Crippen LogP contribution < -0.4 is 22.3 Å². The number of rotatable bonds is 6. The van der Waals surface area contributed by atoms with Gasteiger partial charge >= 0.3 is 5.69 Å². The van der Waals surface area contributed by atoms with Crippen LogP contribution in [0.25, 0.3) is 22.6 Å². The third-order valence-electron chi connectivity index (χ3n) is 4.71. The minimum absolute atomic E-state index is 0.00661. The van der Waals surface area contributed by atoms with Gasteiger partial charge in [-0.15, -0.1) is 0 Å². The summed E-state index contributed by atoms with van der Waals surface area (Å²) in [6.07, 6.45) is -1.51. The molecule has 0 saturated carbocycles. The third kappa shape index (κ3) is 4.31. The number of aliphatic hydroxyl groups excluding tert-OH is 1. The normalized spacial score (nSPS) is 12.6. The summed E-state index contributed by atoms with van der Waals surface area (Å²) in [5.74, 6) is -0.414. The Morgan fingerprint density at radius 2 is 1.93 bits per heavy atom. The second-order valence-electron chi connectivity index (χ2n) is 6.88. The van der Waals surface area contributed by atoms with E-state index in [2.05, 4.69) is 20.3 Å². The second-order valence-corrected chi connectivity index (χ2v) is 6.88. The van der Waals surface area contributed by atoms with Crippen molar-refractivity contribution < 1.29 is 15.0 Å². The van der Waals surface area contributed by atoms with Crippen molar-refractivity contribution in [1.29, 1.82) is 0 Å². The first kappa shape index (κ1) is 20.6. The van der Waals surface area contributed by atoms with E-state index in [1.165, 1.54) is 4.57 Å². The van der Waals surface area contributed by atoms with E-state index >= 15 is 0 Å². The van der Waals surface area contributed by atoms with Crippen molar-refractivity contribution in [3.63, 3.8) is 0 Å². The first-order valence-corrected chi connectivity index (χ1v) is 8.97. The number of nitrogens with one attached hydrogen (secondary N) is 2. The molecule has 11 nitrogen and oxygen atoms in total. The summed E-state index contributed by atoms with van der Waals surface area (Å²) in [5.41, 5.74) is 6.91. The number of carbonyl (C=O) groups excluding carboxylic acids is 1. The Morgan fingerprint density at radius 3 is 2.62 bits per heavy atom. The molecule has 2 aliphatic rings. The lowest BCUT2D eigenvalue weighted by atomic mass is 10.1. The van der Waals surface area contributed by atoms with Crippen molar-refractivity contribution in [3.05, 3.63) is 44.1 Å². The van der Waals surface area contributed by atoms with Gasteiger partial charge in [0.15, 0.2) is 17.8 Å². The molecule has 1 unspecified atom stereocenters. The Morgan fingerprint density at radius 1 is 1.24 bits per heavy atom. The molecule has 2 heterocycles. The molecule has 0 bridgehead atoms. The monoisotopic (exact) mass is 402 g/mol. The third-order valence-corrected chi connectivity index (χ3v) is 4.71. The molecular weight excluding hydrogens is 380 g/mol. The SMILES string of the molecule is Cc1cc2nc3c(=O)[nH]c(=O)nc-3n(CC(=O)NCCC(N)C(O)O)c2cc1C. The summed E-state index contributed by atoms with van der Waals surface area (Å²) in [6, 6.07) is 2.72. The van der Waals surface area contributed by atoms with Crippen molar-refractivity contribution in [2.45, 2.75) is 39.1 Å². The standard InChI is InChI=1S/C18H22N6O5/c1-8-5-11-12(6-9(8)2)24(7-13(25)20-4-3-10(19)17(27)28)15-14(21-11)16(26)23-18(29)22-15/h5-6,10,17,27-28H,3-4,7,19H2,1-2H3,(H,20,25)(H,23,26,29). The number of nitrogens with zero attached hydrogens (tertiary/aromatic N) is 3. The number of aromatic amines is 1. The van der Waals surface area contributed by atoms with Gasteiger partial charge in [0, 0.05) is 6.54 Å². The van der Waals surface area contributed by atoms with Gasteiger partial charge in [-0.1, -0.05) is 0 Å². The summed E-state index contributed by atoms with van der Waals surface area (Å²) < 4.78 is 1.47. The summed E-state index contributed by atoms with van der Waals surface area (Å²) in [6.45, 7) is 3.71. The number of H-pyrrole nitrogens is 1. The number of hydrogen-bond donors (Lipinski definition) is 5. The first-order chi connectivity index (χ1) is 13.7. The van der Waals surface area contributed by atoms with Crippen LogP contribution in [0.2, 0.25) is 0 Å². The van der Waals surface area contributed by atoms with Crippen LogP contribution in [0.3, 0.4) is 0 Å². The molecular formula is C18H22N6O5. The van der Waals surface area contributed by atoms with E-state index in [0.29, 0.717) is 11.0 Å². The molecule has 1 aromatic carbocycles. The van der Waals surface area contributed by atoms with Gasteiger partial charge in [0.2, 0.25) is 5.91 Å². The molecule has 1 atom stereocenters. The lowest BCUT2D eigenvalue weighted by Gasteiger charge is -2.18. The Kier molecular flexibility index (Phi) is 5.73. The number of hydrogen-bond acceptors (Lipinski definition) is 8. The van der Waals surface area contributed by atoms with E-state index in [1.54, 1.807) is 6.07 Å². The van der Waals surface area contributed by atoms with Crippen LogP contribution in [0.4, 0.5) is 0 Å². The zero-order chi connectivity index (χ0) is 21.3. The predicted molar refractivity (Wildman–Crippen MR) is 104 cm³/mol. The van der Waals surface area contributed by atoms with Gasteiger partial charge in [-0.25, -0.2) is 9.78 Å². The Hall–Kier alpha value is -3.15. The van der Waals surface area contributed by atoms with E-state index in [1.807, 2.05) is 19.9 Å². The zero-order valence-corrected chi connectivity index (χ0v) is 16.0. The summed E-state index contributed by atoms with van der Waals surface area (Å²) >= 11 is 0. The molecule has 2 aliphatic heterocycles. The lowest BCUT2D eigenvalue weighted by Crippen LogP contribution is -2.39. The maximum Gasteiger partial charge on any atom is 0.349 e. The van der Waals surface area contributed by atoms with Gasteiger partial charge in [-0.2, -0.15) is 4.98 Å². The molecule has 0 radical (unpaired) electrons. The highest BCUT2D eigenvalue weighted by atomic mass is 16.5. The van der Waals surface area contributed by atoms with Crippen LogP contribution in [0.1, 0.15) is 17.5 Å². The summed E-state index contributed by atoms with van der Waals surface area (Å²) in [4.78, 5) is 46.7. The van der Waals surface area contributed by atoms with Crippen molar-refractivity contribution in [3.8, 4) is 11.5 Å². The van der Waals surface area contributed by atoms with Crippen molar-refractivity contribution in [2.24, 2.45) is 5.73 Å². The highest BCUT2D eigenvalue weighted by Gasteiger charge is 2.21. The smallest absolute Gasteiger partial charge is 0.349 e. The summed E-state index contributed by atoms with van der Waals surface area (Å²) in [7, 11) is 0. The number of carbonyl (C=O) groups is 1. The first-order valence-electron chi connectivity index (χ1n) is 8.97. The Balaban J connectivity index is 2.02. The van der Waals surface area contributed by atoms with Gasteiger partial charge in [-0.05, 0) is 43.5 Å². The fourth-order valence-corrected chi connectivity index (χ4v) is 2.94. The molecule has 0 saturated heterocycles. The number of aliphatic hydroxyl groups is 2. The van der Waals surface area contributed by atoms with Crippen LogP contribution >= 0.6 is 0 Å². The highest BCUT2D eigenvalue weighted by Crippen LogP contribution is 2.23. The van der Waals surface area contributed by atoms with E-state index < -0.39 is 29.5 Å². The number of aryl methyl sites for hydroxylation is 2. The highest BCUT2D eigenvalue weighted by molar-refractivity contribution is 5.84. The van der Waals surface area contributed by atoms with Crippen LogP contribution in [0.15, 0.2) is 21.7 Å². The van der Waals surface area contributed by atoms with Crippen molar-refractivity contribution in [2.75, 3.05) is 6.54 Å². The van der Waals surface area contributed by atoms with E-state index in [0.717, 1.165) is 11.1 Å². The number of amides is 1. The second kappa shape index (κ2) is 8.07. The molecule has 6 N–H and O–H groups in total. The Labute approximate surface area is 164 Å². The maximum absolute atomic E-state index is 12.5. The van der Waals surface area contributed by atoms with Crippen LogP contribution in [0, 0.1) is 13.8 Å². The number of benzene rings is 1. The topological polar surface area (TPSA) is 176 Å². The summed E-state index contributed by atoms with van der Waals surface area (Å²) in [5, 5.41) is 20.6. The average Bonchev–Trinajstić information content (AvgIpc) is 2.63. The van der Waals surface area contributed by atoms with Gasteiger partial charge in [-0.3, -0.25) is 14.6 Å². The maximum atomic E-state index is 12.5. The van der Waals surface area contributed by atoms with E-state index in [-0.39, 0.29) is 31.0 Å². The molecule has 154 valence electrons. The lowest BCUT2D eigenvalue weighted by molar-refractivity contribution is -0.121. The molecule has 3 rings (SSSR count). The molecule has 0 aliphatic carbocycles. The van der Waals surface area contributed by atoms with Crippen molar-refractivity contribution >= 4 is 16.9 Å². The molecule has 0 aromatic heterocycles. The molecule has 0 fully saturated rings. The average molecular weight is 402 g/mol. The minimum Gasteiger partial charge on any atom is -0.367 e. The number of fused-ring (bicyclic) bond motifs is 2. The molecule has 1 amide bonds. The van der Waals surface area contributed by atoms with Gasteiger partial charge in [0.1, 0.15) is 6.54 Å². The number of nitrogens with two attached hydrogens (primary N) is 1. The van der Waals surface area contributed by atoms with Crippen LogP contribution in [0.5, 0.6) is 0 Å². The van der Waals surface area contributed by atoms with Gasteiger partial charge < -0.3 is 25.8 Å². The van der Waals surface area contributed by atoms with Crippen LogP contribution in [-0.4, -0.2) is 54.5 Å². The number of aromatic nitrogens is 4. The van der Waals surface area contributed by atoms with E-state index in [9.17, 15) is 14.4 Å². The van der Waals surface area contributed by atoms with Crippen molar-refractivity contribution in [1.82, 2.24) is 24.8 Å². The van der Waals surface area contributed by atoms with E-state index in [4.69, 9.17) is 15.9 Å². The Bertz CT molecular complexity index is 1150. The molecule has 11 heteroatoms. The molecule has 1 aromatic rings. The molecule has 29 heavy (non-hydrogen) atoms. The van der Waals surface area contributed by atoms with Gasteiger partial charge in [0.05, 0.1) is 17.1 Å². The zero-order valence-electron chi connectivity index (χ0n) is 16.0. The fourth-order valence-electron chi connectivity index (χ4n) is 2.94. The minimum atomic E-state index is -1.67. The fraction of sp³-hybridized carbons (Fsp3) is 0.389. The van der Waals surface area contributed by atoms with Crippen LogP contribution in [-0.2, 0) is 11.3 Å². The largest absolute Gasteiger partial charge is 0.367 e. The molecule has 0 spiro atoms. The quantitative estimate of drug-likeness (QED) is 0.240. The van der Waals surface area contributed by atoms with Gasteiger partial charge in [0.25, 0.3) is 5.56 Å². The predicted octanol–water partition coefficient (Wildman–Crippen LogP) is -1.65.